The van der Waals surface area contributed by atoms with Gasteiger partial charge < -0.3 is 9.88 Å². The van der Waals surface area contributed by atoms with Crippen molar-refractivity contribution in [3.8, 4) is 0 Å². The minimum Gasteiger partial charge on any atom is -0.328 e. The molecule has 3 aromatic rings. The van der Waals surface area contributed by atoms with Crippen LogP contribution in [0.1, 0.15) is 24.4 Å². The quantitative estimate of drug-likeness (QED) is 0.780. The maximum atomic E-state index is 4.78. The van der Waals surface area contributed by atoms with Gasteiger partial charge in [-0.1, -0.05) is 12.1 Å². The number of rotatable bonds is 5. The third-order valence-electron chi connectivity index (χ3n) is 3.77. The topological polar surface area (TPSA) is 55.6 Å². The number of likely N-dealkylation sites (N-methyl/N-ethyl adjacent to an activating group) is 1. The first-order valence-electron chi connectivity index (χ1n) is 7.19. The number of aryl methyl sites for hydroxylation is 1. The summed E-state index contributed by atoms with van der Waals surface area (Å²) in [5, 5.41) is 3.33. The number of nitrogens with one attached hydrogen (secondary N) is 1. The first kappa shape index (κ1) is 13.7. The maximum Gasteiger partial charge on any atom is 0.115 e. The number of hydrogen-bond acceptors (Lipinski definition) is 4. The number of imidazole rings is 1. The van der Waals surface area contributed by atoms with Gasteiger partial charge in [0.05, 0.1) is 11.0 Å². The largest absolute Gasteiger partial charge is 0.328 e. The fourth-order valence-electron chi connectivity index (χ4n) is 2.69. The Balaban J connectivity index is 1.97. The maximum absolute atomic E-state index is 4.78. The smallest absolute Gasteiger partial charge is 0.115 e. The molecule has 1 N–H and O–H groups in total. The third-order valence-corrected chi connectivity index (χ3v) is 3.77. The van der Waals surface area contributed by atoms with E-state index < -0.39 is 0 Å². The molecule has 0 radical (unpaired) electrons. The standard InChI is InChI=1S/C16H19N5/c1-3-21-15-7-5-4-6-13(15)20-16(21)8-14(17-2)12-9-18-11-19-10-12/h4-7,9-11,14,17H,3,8H2,1-2H3. The van der Waals surface area contributed by atoms with Gasteiger partial charge in [0.25, 0.3) is 0 Å². The lowest BCUT2D eigenvalue weighted by molar-refractivity contribution is 0.553. The summed E-state index contributed by atoms with van der Waals surface area (Å²) in [6, 6.07) is 8.42. The van der Waals surface area contributed by atoms with Crippen molar-refractivity contribution in [2.24, 2.45) is 0 Å². The molecule has 1 aromatic carbocycles. The van der Waals surface area contributed by atoms with Crippen LogP contribution in [0.15, 0.2) is 43.0 Å². The molecule has 0 amide bonds. The Bertz CT molecular complexity index is 720. The fraction of sp³-hybridized carbons (Fsp3) is 0.312. The number of para-hydroxylation sites is 2. The zero-order chi connectivity index (χ0) is 14.7. The van der Waals surface area contributed by atoms with Crippen LogP contribution in [0.2, 0.25) is 0 Å². The van der Waals surface area contributed by atoms with Crippen molar-refractivity contribution in [3.63, 3.8) is 0 Å². The second kappa shape index (κ2) is 6.01. The van der Waals surface area contributed by atoms with Crippen LogP contribution in [0.5, 0.6) is 0 Å². The number of benzene rings is 1. The van der Waals surface area contributed by atoms with Crippen molar-refractivity contribution in [1.29, 1.82) is 0 Å². The summed E-state index contributed by atoms with van der Waals surface area (Å²) >= 11 is 0. The summed E-state index contributed by atoms with van der Waals surface area (Å²) in [6.45, 7) is 3.06. The fourth-order valence-corrected chi connectivity index (χ4v) is 2.69. The van der Waals surface area contributed by atoms with E-state index in [-0.39, 0.29) is 6.04 Å². The first-order valence-corrected chi connectivity index (χ1v) is 7.19. The molecule has 5 nitrogen and oxygen atoms in total. The van der Waals surface area contributed by atoms with E-state index >= 15 is 0 Å². The summed E-state index contributed by atoms with van der Waals surface area (Å²) in [5.74, 6) is 1.09. The van der Waals surface area contributed by atoms with Crippen LogP contribution in [0, 0.1) is 0 Å². The average molecular weight is 281 g/mol. The minimum absolute atomic E-state index is 0.160. The molecule has 1 unspecified atom stereocenters. The monoisotopic (exact) mass is 281 g/mol. The van der Waals surface area contributed by atoms with E-state index in [4.69, 9.17) is 4.98 Å². The van der Waals surface area contributed by atoms with Crippen LogP contribution in [0.4, 0.5) is 0 Å². The zero-order valence-electron chi connectivity index (χ0n) is 12.3. The predicted octanol–water partition coefficient (Wildman–Crippen LogP) is 2.35. The molecule has 0 bridgehead atoms. The highest BCUT2D eigenvalue weighted by Gasteiger charge is 2.16. The molecule has 0 saturated carbocycles. The van der Waals surface area contributed by atoms with Crippen LogP contribution >= 0.6 is 0 Å². The molecule has 21 heavy (non-hydrogen) atoms. The van der Waals surface area contributed by atoms with E-state index in [1.165, 1.54) is 5.52 Å². The van der Waals surface area contributed by atoms with Crippen LogP contribution in [0.3, 0.4) is 0 Å². The van der Waals surface area contributed by atoms with Gasteiger partial charge in [-0.3, -0.25) is 0 Å². The summed E-state index contributed by atoms with van der Waals surface area (Å²) in [6.07, 6.45) is 6.07. The van der Waals surface area contributed by atoms with Crippen LogP contribution in [-0.4, -0.2) is 26.6 Å². The van der Waals surface area contributed by atoms with E-state index in [0.717, 1.165) is 29.9 Å². The molecule has 0 aliphatic rings. The van der Waals surface area contributed by atoms with Crippen molar-refractivity contribution in [2.45, 2.75) is 25.9 Å². The lowest BCUT2D eigenvalue weighted by atomic mass is 10.1. The van der Waals surface area contributed by atoms with Crippen LogP contribution in [-0.2, 0) is 13.0 Å². The normalized spacial score (nSPS) is 12.7. The molecular weight excluding hydrogens is 262 g/mol. The van der Waals surface area contributed by atoms with Gasteiger partial charge in [0.15, 0.2) is 0 Å². The highest BCUT2D eigenvalue weighted by Crippen LogP contribution is 2.21. The van der Waals surface area contributed by atoms with Crippen molar-refractivity contribution in [3.05, 3.63) is 54.4 Å². The molecular formula is C16H19N5. The Hall–Kier alpha value is -2.27. The molecule has 108 valence electrons. The molecule has 2 aromatic heterocycles. The lowest BCUT2D eigenvalue weighted by Gasteiger charge is -2.16. The number of fused-ring (bicyclic) bond motifs is 1. The Morgan fingerprint density at radius 1 is 1.19 bits per heavy atom. The van der Waals surface area contributed by atoms with E-state index in [1.807, 2.05) is 25.5 Å². The predicted molar refractivity (Wildman–Crippen MR) is 82.9 cm³/mol. The van der Waals surface area contributed by atoms with Crippen LogP contribution in [0.25, 0.3) is 11.0 Å². The van der Waals surface area contributed by atoms with Gasteiger partial charge >= 0.3 is 0 Å². The summed E-state index contributed by atoms with van der Waals surface area (Å²) in [7, 11) is 1.95. The Kier molecular flexibility index (Phi) is 3.92. The second-order valence-corrected chi connectivity index (χ2v) is 4.98. The molecule has 0 aliphatic carbocycles. The third kappa shape index (κ3) is 2.64. The van der Waals surface area contributed by atoms with Gasteiger partial charge in [-0.05, 0) is 26.1 Å². The molecule has 0 saturated heterocycles. The highest BCUT2D eigenvalue weighted by atomic mass is 15.1. The highest BCUT2D eigenvalue weighted by molar-refractivity contribution is 5.75. The zero-order valence-corrected chi connectivity index (χ0v) is 12.3. The van der Waals surface area contributed by atoms with E-state index in [2.05, 4.69) is 45.0 Å². The van der Waals surface area contributed by atoms with Crippen molar-refractivity contribution in [2.75, 3.05) is 7.05 Å². The number of aromatic nitrogens is 4. The molecule has 1 atom stereocenters. The Morgan fingerprint density at radius 2 is 1.95 bits per heavy atom. The molecule has 0 aliphatic heterocycles. The van der Waals surface area contributed by atoms with Gasteiger partial charge in [0, 0.05) is 37.0 Å². The average Bonchev–Trinajstić information content (AvgIpc) is 2.90. The van der Waals surface area contributed by atoms with Gasteiger partial charge in [0.1, 0.15) is 12.2 Å². The number of nitrogens with zero attached hydrogens (tertiary/aromatic N) is 4. The minimum atomic E-state index is 0.160. The molecule has 0 spiro atoms. The SMILES string of the molecule is CCn1c(CC(NC)c2cncnc2)nc2ccccc21. The molecule has 5 heteroatoms. The van der Waals surface area contributed by atoms with E-state index in [9.17, 15) is 0 Å². The second-order valence-electron chi connectivity index (χ2n) is 4.98. The van der Waals surface area contributed by atoms with Gasteiger partial charge in [-0.25, -0.2) is 15.0 Å². The van der Waals surface area contributed by atoms with Crippen molar-refractivity contribution in [1.82, 2.24) is 24.8 Å². The Morgan fingerprint density at radius 3 is 2.67 bits per heavy atom. The summed E-state index contributed by atoms with van der Waals surface area (Å²) in [4.78, 5) is 13.0. The van der Waals surface area contributed by atoms with E-state index in [1.54, 1.807) is 6.33 Å². The molecule has 0 fully saturated rings. The van der Waals surface area contributed by atoms with Crippen LogP contribution < -0.4 is 5.32 Å². The number of hydrogen-bond donors (Lipinski definition) is 1. The van der Waals surface area contributed by atoms with Crippen molar-refractivity contribution < 1.29 is 0 Å². The van der Waals surface area contributed by atoms with Crippen molar-refractivity contribution >= 4 is 11.0 Å². The molecule has 2 heterocycles. The molecule has 3 rings (SSSR count). The lowest BCUT2D eigenvalue weighted by Crippen LogP contribution is -2.21. The van der Waals surface area contributed by atoms with Gasteiger partial charge in [0.2, 0.25) is 0 Å². The van der Waals surface area contributed by atoms with Gasteiger partial charge in [-0.15, -0.1) is 0 Å². The summed E-state index contributed by atoms with van der Waals surface area (Å²) in [5.41, 5.74) is 3.32. The first-order chi connectivity index (χ1) is 10.3. The van der Waals surface area contributed by atoms with E-state index in [0.29, 0.717) is 0 Å². The van der Waals surface area contributed by atoms with Gasteiger partial charge in [-0.2, -0.15) is 0 Å². The summed E-state index contributed by atoms with van der Waals surface area (Å²) < 4.78 is 2.27. The Labute approximate surface area is 124 Å².